The van der Waals surface area contributed by atoms with E-state index in [0.717, 1.165) is 5.69 Å². The average Bonchev–Trinajstić information content (AvgIpc) is 2.02. The summed E-state index contributed by atoms with van der Waals surface area (Å²) in [7, 11) is 0. The van der Waals surface area contributed by atoms with E-state index in [9.17, 15) is 0 Å². The minimum absolute atomic E-state index is 0.579. The molecule has 0 bridgehead atoms. The normalized spacial score (nSPS) is 11.7. The Bertz CT molecular complexity index is 281. The quantitative estimate of drug-likeness (QED) is 0.708. The minimum atomic E-state index is 0.579. The van der Waals surface area contributed by atoms with E-state index < -0.39 is 0 Å². The van der Waals surface area contributed by atoms with Crippen molar-refractivity contribution in [1.29, 1.82) is 0 Å². The summed E-state index contributed by atoms with van der Waals surface area (Å²) >= 11 is 0. The van der Waals surface area contributed by atoms with Gasteiger partial charge in [-0.1, -0.05) is 33.8 Å². The lowest BCUT2D eigenvalue weighted by molar-refractivity contribution is 0.379. The zero-order valence-electron chi connectivity index (χ0n) is 9.91. The molecule has 0 aliphatic carbocycles. The van der Waals surface area contributed by atoms with Gasteiger partial charge in [-0.05, 0) is 30.9 Å². The summed E-state index contributed by atoms with van der Waals surface area (Å²) < 4.78 is 0. The number of pyridine rings is 1. The van der Waals surface area contributed by atoms with Crippen LogP contribution < -0.4 is 0 Å². The maximum Gasteiger partial charge on any atom is 0.0442 e. The van der Waals surface area contributed by atoms with Gasteiger partial charge in [0, 0.05) is 17.3 Å². The van der Waals surface area contributed by atoms with Crippen LogP contribution >= 0.6 is 0 Å². The fourth-order valence-electron chi connectivity index (χ4n) is 2.20. The standard InChI is InChI=1S/C13H21N/c1-9(2)13(10(3)4)12-8-6-7-11(5)14-12/h6-10,13H,1-5H3. The van der Waals surface area contributed by atoms with E-state index in [4.69, 9.17) is 0 Å². The smallest absolute Gasteiger partial charge is 0.0442 e. The third kappa shape index (κ3) is 2.57. The van der Waals surface area contributed by atoms with Crippen molar-refractivity contribution in [2.45, 2.75) is 40.5 Å². The molecule has 0 spiro atoms. The van der Waals surface area contributed by atoms with Crippen molar-refractivity contribution in [2.75, 3.05) is 0 Å². The largest absolute Gasteiger partial charge is 0.258 e. The molecule has 1 rings (SSSR count). The van der Waals surface area contributed by atoms with Crippen molar-refractivity contribution in [1.82, 2.24) is 4.98 Å². The lowest BCUT2D eigenvalue weighted by Gasteiger charge is -2.24. The third-order valence-electron chi connectivity index (χ3n) is 2.69. The second-order valence-corrected chi connectivity index (χ2v) is 4.72. The van der Waals surface area contributed by atoms with Crippen LogP contribution in [-0.2, 0) is 0 Å². The van der Waals surface area contributed by atoms with Gasteiger partial charge in [0.05, 0.1) is 0 Å². The lowest BCUT2D eigenvalue weighted by Crippen LogP contribution is -2.15. The maximum absolute atomic E-state index is 4.62. The van der Waals surface area contributed by atoms with Gasteiger partial charge in [-0.25, -0.2) is 0 Å². The van der Waals surface area contributed by atoms with Crippen molar-refractivity contribution in [3.05, 3.63) is 29.6 Å². The number of hydrogen-bond acceptors (Lipinski definition) is 1. The first kappa shape index (κ1) is 11.2. The van der Waals surface area contributed by atoms with Crippen LogP contribution in [-0.4, -0.2) is 4.98 Å². The van der Waals surface area contributed by atoms with E-state index in [1.54, 1.807) is 0 Å². The molecule has 0 fully saturated rings. The molecule has 1 heterocycles. The molecule has 1 nitrogen and oxygen atoms in total. The van der Waals surface area contributed by atoms with Crippen molar-refractivity contribution >= 4 is 0 Å². The van der Waals surface area contributed by atoms with E-state index >= 15 is 0 Å². The Labute approximate surface area is 87.6 Å². The first-order valence-electron chi connectivity index (χ1n) is 5.46. The summed E-state index contributed by atoms with van der Waals surface area (Å²) in [6.45, 7) is 11.1. The summed E-state index contributed by atoms with van der Waals surface area (Å²) in [5.74, 6) is 1.89. The molecule has 0 aliphatic heterocycles. The van der Waals surface area contributed by atoms with E-state index in [2.05, 4.69) is 57.8 Å². The molecule has 0 aromatic carbocycles. The van der Waals surface area contributed by atoms with Gasteiger partial charge in [0.1, 0.15) is 0 Å². The molecule has 1 heteroatoms. The molecule has 1 aromatic heterocycles. The number of aryl methyl sites for hydroxylation is 1. The third-order valence-corrected chi connectivity index (χ3v) is 2.69. The van der Waals surface area contributed by atoms with Gasteiger partial charge in [0.15, 0.2) is 0 Å². The van der Waals surface area contributed by atoms with Crippen molar-refractivity contribution in [3.63, 3.8) is 0 Å². The van der Waals surface area contributed by atoms with Gasteiger partial charge in [0.25, 0.3) is 0 Å². The fourth-order valence-corrected chi connectivity index (χ4v) is 2.20. The van der Waals surface area contributed by atoms with Gasteiger partial charge in [-0.2, -0.15) is 0 Å². The molecule has 0 saturated heterocycles. The van der Waals surface area contributed by atoms with Crippen LogP contribution in [0.15, 0.2) is 18.2 Å². The second-order valence-electron chi connectivity index (χ2n) is 4.72. The zero-order chi connectivity index (χ0) is 10.7. The van der Waals surface area contributed by atoms with Crippen LogP contribution in [0.3, 0.4) is 0 Å². The second kappa shape index (κ2) is 4.59. The van der Waals surface area contributed by atoms with Crippen LogP contribution in [0, 0.1) is 18.8 Å². The zero-order valence-corrected chi connectivity index (χ0v) is 9.91. The molecule has 0 aliphatic rings. The minimum Gasteiger partial charge on any atom is -0.258 e. The van der Waals surface area contributed by atoms with E-state index in [1.807, 2.05) is 0 Å². The lowest BCUT2D eigenvalue weighted by atomic mass is 9.83. The Morgan fingerprint density at radius 2 is 1.57 bits per heavy atom. The molecule has 14 heavy (non-hydrogen) atoms. The van der Waals surface area contributed by atoms with Crippen LogP contribution in [0.2, 0.25) is 0 Å². The first-order chi connectivity index (χ1) is 6.52. The molecule has 0 N–H and O–H groups in total. The van der Waals surface area contributed by atoms with Gasteiger partial charge in [-0.15, -0.1) is 0 Å². The average molecular weight is 191 g/mol. The molecule has 1 aromatic rings. The number of hydrogen-bond donors (Lipinski definition) is 0. The van der Waals surface area contributed by atoms with Crippen LogP contribution in [0.1, 0.15) is 45.0 Å². The Morgan fingerprint density at radius 1 is 1.00 bits per heavy atom. The van der Waals surface area contributed by atoms with Gasteiger partial charge in [-0.3, -0.25) is 4.98 Å². The van der Waals surface area contributed by atoms with Gasteiger partial charge >= 0.3 is 0 Å². The molecule has 0 saturated carbocycles. The highest BCUT2D eigenvalue weighted by atomic mass is 14.7. The Hall–Kier alpha value is -0.850. The van der Waals surface area contributed by atoms with E-state index in [-0.39, 0.29) is 0 Å². The molecular weight excluding hydrogens is 170 g/mol. The molecule has 0 amide bonds. The van der Waals surface area contributed by atoms with Crippen molar-refractivity contribution in [2.24, 2.45) is 11.8 Å². The van der Waals surface area contributed by atoms with Crippen LogP contribution in [0.5, 0.6) is 0 Å². The molecular formula is C13H21N. The Balaban J connectivity index is 2.99. The number of rotatable bonds is 3. The first-order valence-corrected chi connectivity index (χ1v) is 5.46. The SMILES string of the molecule is Cc1cccc(C(C(C)C)C(C)C)n1. The molecule has 78 valence electrons. The van der Waals surface area contributed by atoms with Crippen molar-refractivity contribution in [3.8, 4) is 0 Å². The summed E-state index contributed by atoms with van der Waals surface area (Å²) in [4.78, 5) is 4.62. The fraction of sp³-hybridized carbons (Fsp3) is 0.615. The number of aromatic nitrogens is 1. The van der Waals surface area contributed by atoms with Gasteiger partial charge in [0.2, 0.25) is 0 Å². The van der Waals surface area contributed by atoms with E-state index in [1.165, 1.54) is 5.69 Å². The topological polar surface area (TPSA) is 12.9 Å². The van der Waals surface area contributed by atoms with Crippen molar-refractivity contribution < 1.29 is 0 Å². The Kier molecular flexibility index (Phi) is 3.68. The van der Waals surface area contributed by atoms with Crippen LogP contribution in [0.25, 0.3) is 0 Å². The summed E-state index contributed by atoms with van der Waals surface area (Å²) in [5.41, 5.74) is 2.36. The maximum atomic E-state index is 4.62. The molecule has 0 radical (unpaired) electrons. The monoisotopic (exact) mass is 191 g/mol. The predicted molar refractivity (Wildman–Crippen MR) is 61.4 cm³/mol. The highest BCUT2D eigenvalue weighted by Crippen LogP contribution is 2.30. The predicted octanol–water partition coefficient (Wildman–Crippen LogP) is 3.79. The van der Waals surface area contributed by atoms with Gasteiger partial charge < -0.3 is 0 Å². The summed E-state index contributed by atoms with van der Waals surface area (Å²) in [5, 5.41) is 0. The highest BCUT2D eigenvalue weighted by molar-refractivity contribution is 5.15. The van der Waals surface area contributed by atoms with Crippen LogP contribution in [0.4, 0.5) is 0 Å². The molecule has 0 atom stereocenters. The number of nitrogens with zero attached hydrogens (tertiary/aromatic N) is 1. The highest BCUT2D eigenvalue weighted by Gasteiger charge is 2.20. The summed E-state index contributed by atoms with van der Waals surface area (Å²) in [6, 6.07) is 6.31. The van der Waals surface area contributed by atoms with E-state index in [0.29, 0.717) is 17.8 Å². The Morgan fingerprint density at radius 3 is 2.00 bits per heavy atom. The molecule has 0 unspecified atom stereocenters. The summed E-state index contributed by atoms with van der Waals surface area (Å²) in [6.07, 6.45) is 0.